The summed E-state index contributed by atoms with van der Waals surface area (Å²) in [6, 6.07) is 0.518. The van der Waals surface area contributed by atoms with E-state index in [1.165, 1.54) is 12.8 Å². The second kappa shape index (κ2) is 6.64. The monoisotopic (exact) mass is 237 g/mol. The van der Waals surface area contributed by atoms with Crippen LogP contribution in [0.5, 0.6) is 0 Å². The Morgan fingerprint density at radius 2 is 2.24 bits per heavy atom. The van der Waals surface area contributed by atoms with Crippen molar-refractivity contribution < 1.29 is 4.74 Å². The molecule has 4 heteroatoms. The first-order chi connectivity index (χ1) is 8.38. The second-order valence-electron chi connectivity index (χ2n) is 4.71. The summed E-state index contributed by atoms with van der Waals surface area (Å²) in [4.78, 5) is 4.24. The van der Waals surface area contributed by atoms with Crippen molar-refractivity contribution in [1.29, 1.82) is 0 Å². The Bertz CT molecular complexity index is 274. The lowest BCUT2D eigenvalue weighted by atomic mass is 10.2. The number of hydrogen-bond donors (Lipinski definition) is 2. The lowest BCUT2D eigenvalue weighted by molar-refractivity contribution is 0.105. The lowest BCUT2D eigenvalue weighted by Crippen LogP contribution is -2.43. The summed E-state index contributed by atoms with van der Waals surface area (Å²) >= 11 is 0. The molecule has 2 aliphatic rings. The van der Waals surface area contributed by atoms with E-state index in [9.17, 15) is 0 Å². The predicted molar refractivity (Wildman–Crippen MR) is 70.3 cm³/mol. The first-order valence-electron chi connectivity index (χ1n) is 6.62. The molecule has 4 nitrogen and oxygen atoms in total. The average molecular weight is 237 g/mol. The normalized spacial score (nSPS) is 25.5. The van der Waals surface area contributed by atoms with E-state index < -0.39 is 0 Å². The number of hydrogen-bond acceptors (Lipinski definition) is 2. The molecule has 0 bridgehead atoms. The molecule has 0 aromatic carbocycles. The van der Waals surface area contributed by atoms with Gasteiger partial charge in [-0.25, -0.2) is 0 Å². The molecule has 2 rings (SSSR count). The maximum Gasteiger partial charge on any atom is 0.191 e. The zero-order chi connectivity index (χ0) is 11.9. The van der Waals surface area contributed by atoms with Crippen molar-refractivity contribution in [2.75, 3.05) is 20.2 Å². The number of rotatable bonds is 4. The Hall–Kier alpha value is -1.03. The maximum atomic E-state index is 5.59. The van der Waals surface area contributed by atoms with Crippen LogP contribution in [0, 0.1) is 0 Å². The van der Waals surface area contributed by atoms with Crippen LogP contribution in [-0.2, 0) is 4.74 Å². The van der Waals surface area contributed by atoms with E-state index in [2.05, 4.69) is 27.8 Å². The van der Waals surface area contributed by atoms with E-state index in [-0.39, 0.29) is 0 Å². The van der Waals surface area contributed by atoms with Crippen LogP contribution in [0.15, 0.2) is 17.1 Å². The van der Waals surface area contributed by atoms with Gasteiger partial charge in [0.25, 0.3) is 0 Å². The Labute approximate surface area is 104 Å². The van der Waals surface area contributed by atoms with Gasteiger partial charge in [-0.15, -0.1) is 0 Å². The average Bonchev–Trinajstić information content (AvgIpc) is 3.00. The Morgan fingerprint density at radius 1 is 1.41 bits per heavy atom. The Balaban J connectivity index is 1.61. The summed E-state index contributed by atoms with van der Waals surface area (Å²) in [7, 11) is 1.82. The summed E-state index contributed by atoms with van der Waals surface area (Å²) in [6.45, 7) is 1.87. The van der Waals surface area contributed by atoms with E-state index >= 15 is 0 Å². The summed E-state index contributed by atoms with van der Waals surface area (Å²) in [5.74, 6) is 0.914. The highest BCUT2D eigenvalue weighted by molar-refractivity contribution is 5.80. The zero-order valence-electron chi connectivity index (χ0n) is 10.6. The summed E-state index contributed by atoms with van der Waals surface area (Å²) in [5.41, 5.74) is 0. The highest BCUT2D eigenvalue weighted by Crippen LogP contribution is 2.14. The third-order valence-electron chi connectivity index (χ3n) is 3.36. The van der Waals surface area contributed by atoms with E-state index in [1.807, 2.05) is 7.05 Å². The fourth-order valence-electron chi connectivity index (χ4n) is 2.35. The number of aliphatic imine (C=N–C) groups is 1. The minimum Gasteiger partial charge on any atom is -0.378 e. The topological polar surface area (TPSA) is 45.7 Å². The minimum absolute atomic E-state index is 0.453. The van der Waals surface area contributed by atoms with Crippen LogP contribution in [-0.4, -0.2) is 38.3 Å². The molecule has 0 amide bonds. The molecule has 17 heavy (non-hydrogen) atoms. The molecule has 1 aliphatic heterocycles. The maximum absolute atomic E-state index is 5.59. The summed E-state index contributed by atoms with van der Waals surface area (Å²) in [6.07, 6.45) is 10.6. The van der Waals surface area contributed by atoms with Gasteiger partial charge >= 0.3 is 0 Å². The first-order valence-corrected chi connectivity index (χ1v) is 6.62. The number of ether oxygens (including phenoxy) is 1. The van der Waals surface area contributed by atoms with Gasteiger partial charge in [0.05, 0.1) is 6.10 Å². The largest absolute Gasteiger partial charge is 0.378 e. The summed E-state index contributed by atoms with van der Waals surface area (Å²) in [5, 5.41) is 6.78. The minimum atomic E-state index is 0.453. The zero-order valence-corrected chi connectivity index (χ0v) is 10.6. The molecule has 0 spiro atoms. The third kappa shape index (κ3) is 4.04. The van der Waals surface area contributed by atoms with Crippen LogP contribution in [0.2, 0.25) is 0 Å². The second-order valence-corrected chi connectivity index (χ2v) is 4.71. The molecule has 0 aromatic heterocycles. The molecule has 1 unspecified atom stereocenters. The van der Waals surface area contributed by atoms with Gasteiger partial charge in [-0.1, -0.05) is 12.2 Å². The van der Waals surface area contributed by atoms with Gasteiger partial charge in [-0.05, 0) is 32.1 Å². The van der Waals surface area contributed by atoms with Gasteiger partial charge in [0.1, 0.15) is 0 Å². The Kier molecular flexibility index (Phi) is 4.86. The molecule has 1 aliphatic carbocycles. The quantitative estimate of drug-likeness (QED) is 0.442. The number of guanidine groups is 1. The van der Waals surface area contributed by atoms with E-state index in [4.69, 9.17) is 4.74 Å². The molecule has 0 radical (unpaired) electrons. The van der Waals surface area contributed by atoms with Gasteiger partial charge in [-0.2, -0.15) is 0 Å². The molecule has 96 valence electrons. The van der Waals surface area contributed by atoms with Gasteiger partial charge in [-0.3, -0.25) is 4.99 Å². The van der Waals surface area contributed by atoms with Crippen molar-refractivity contribution in [2.45, 2.75) is 44.2 Å². The molecule has 1 saturated heterocycles. The van der Waals surface area contributed by atoms with Gasteiger partial charge in [0.15, 0.2) is 5.96 Å². The van der Waals surface area contributed by atoms with Crippen molar-refractivity contribution in [3.05, 3.63) is 12.2 Å². The molecule has 2 N–H and O–H groups in total. The van der Waals surface area contributed by atoms with Crippen molar-refractivity contribution >= 4 is 5.96 Å². The third-order valence-corrected chi connectivity index (χ3v) is 3.36. The van der Waals surface area contributed by atoms with Crippen molar-refractivity contribution in [2.24, 2.45) is 4.99 Å². The highest BCUT2D eigenvalue weighted by atomic mass is 16.5. The standard InChI is InChI=1S/C13H23N3O/c1-14-13(16-11-5-2-3-6-11)15-9-8-12-7-4-10-17-12/h2-3,11-12H,4-10H2,1H3,(H2,14,15,16). The first kappa shape index (κ1) is 12.4. The van der Waals surface area contributed by atoms with E-state index in [0.717, 1.165) is 38.4 Å². The summed E-state index contributed by atoms with van der Waals surface area (Å²) < 4.78 is 5.59. The van der Waals surface area contributed by atoms with Crippen LogP contribution in [0.3, 0.4) is 0 Å². The SMILES string of the molecule is CN=C(NCCC1CCCO1)NC1CC=CC1. The highest BCUT2D eigenvalue weighted by Gasteiger charge is 2.15. The van der Waals surface area contributed by atoms with Crippen LogP contribution in [0.25, 0.3) is 0 Å². The van der Waals surface area contributed by atoms with E-state index in [0.29, 0.717) is 12.1 Å². The molecule has 1 atom stereocenters. The van der Waals surface area contributed by atoms with Gasteiger partial charge in [0, 0.05) is 26.2 Å². The predicted octanol–water partition coefficient (Wildman–Crippen LogP) is 1.44. The molecule has 1 fully saturated rings. The van der Waals surface area contributed by atoms with Crippen LogP contribution in [0.1, 0.15) is 32.1 Å². The van der Waals surface area contributed by atoms with Crippen LogP contribution >= 0.6 is 0 Å². The fourth-order valence-corrected chi connectivity index (χ4v) is 2.35. The molecule has 0 aromatic rings. The van der Waals surface area contributed by atoms with Crippen LogP contribution in [0.4, 0.5) is 0 Å². The number of nitrogens with one attached hydrogen (secondary N) is 2. The Morgan fingerprint density at radius 3 is 2.88 bits per heavy atom. The van der Waals surface area contributed by atoms with Crippen molar-refractivity contribution in [1.82, 2.24) is 10.6 Å². The van der Waals surface area contributed by atoms with Gasteiger partial charge < -0.3 is 15.4 Å². The number of nitrogens with zero attached hydrogens (tertiary/aromatic N) is 1. The molecular formula is C13H23N3O. The lowest BCUT2D eigenvalue weighted by Gasteiger charge is -2.17. The van der Waals surface area contributed by atoms with Crippen molar-refractivity contribution in [3.63, 3.8) is 0 Å². The molecule has 0 saturated carbocycles. The van der Waals surface area contributed by atoms with Crippen LogP contribution < -0.4 is 10.6 Å². The molecular weight excluding hydrogens is 214 g/mol. The van der Waals surface area contributed by atoms with Crippen molar-refractivity contribution in [3.8, 4) is 0 Å². The smallest absolute Gasteiger partial charge is 0.191 e. The molecule has 1 heterocycles. The van der Waals surface area contributed by atoms with E-state index in [1.54, 1.807) is 0 Å². The fraction of sp³-hybridized carbons (Fsp3) is 0.769. The van der Waals surface area contributed by atoms with Gasteiger partial charge in [0.2, 0.25) is 0 Å².